The van der Waals surface area contributed by atoms with Crippen LogP contribution in [0.1, 0.15) is 39.5 Å². The first-order valence-electron chi connectivity index (χ1n) is 9.57. The SMILES string of the molecule is CCN(CC)c1ccc(NC(=O)C2CCN(C(=O)C3CC3)CC2)cc1. The van der Waals surface area contributed by atoms with Gasteiger partial charge in [0.15, 0.2) is 0 Å². The maximum Gasteiger partial charge on any atom is 0.227 e. The van der Waals surface area contributed by atoms with Gasteiger partial charge in [0.05, 0.1) is 0 Å². The van der Waals surface area contributed by atoms with Crippen molar-refractivity contribution in [2.75, 3.05) is 36.4 Å². The molecule has 2 fully saturated rings. The lowest BCUT2D eigenvalue weighted by molar-refractivity contribution is -0.135. The third-order valence-electron chi connectivity index (χ3n) is 5.37. The van der Waals surface area contributed by atoms with Crippen LogP contribution in [0.4, 0.5) is 11.4 Å². The fourth-order valence-electron chi connectivity index (χ4n) is 3.54. The molecule has 136 valence electrons. The van der Waals surface area contributed by atoms with Crippen LogP contribution in [0.15, 0.2) is 24.3 Å². The number of likely N-dealkylation sites (tertiary alicyclic amines) is 1. The van der Waals surface area contributed by atoms with Crippen LogP contribution < -0.4 is 10.2 Å². The van der Waals surface area contributed by atoms with Crippen LogP contribution in [0, 0.1) is 11.8 Å². The Hall–Kier alpha value is -2.04. The van der Waals surface area contributed by atoms with Crippen LogP contribution in [0.25, 0.3) is 0 Å². The summed E-state index contributed by atoms with van der Waals surface area (Å²) in [6.07, 6.45) is 3.62. The molecule has 2 amide bonds. The van der Waals surface area contributed by atoms with Crippen LogP contribution in [0.2, 0.25) is 0 Å². The van der Waals surface area contributed by atoms with Crippen molar-refractivity contribution in [1.29, 1.82) is 0 Å². The Morgan fingerprint density at radius 1 is 1.00 bits per heavy atom. The number of hydrogen-bond acceptors (Lipinski definition) is 3. The summed E-state index contributed by atoms with van der Waals surface area (Å²) in [5.74, 6) is 0.653. The Labute approximate surface area is 150 Å². The number of nitrogens with zero attached hydrogens (tertiary/aromatic N) is 2. The van der Waals surface area contributed by atoms with Crippen molar-refractivity contribution in [1.82, 2.24) is 4.90 Å². The van der Waals surface area contributed by atoms with E-state index in [1.807, 2.05) is 17.0 Å². The first-order chi connectivity index (χ1) is 12.1. The summed E-state index contributed by atoms with van der Waals surface area (Å²) >= 11 is 0. The normalized spacial score (nSPS) is 18.1. The predicted molar refractivity (Wildman–Crippen MR) is 101 cm³/mol. The monoisotopic (exact) mass is 343 g/mol. The molecule has 2 aliphatic rings. The van der Waals surface area contributed by atoms with Gasteiger partial charge in [0, 0.05) is 49.4 Å². The Morgan fingerprint density at radius 2 is 1.60 bits per heavy atom. The quantitative estimate of drug-likeness (QED) is 0.863. The molecule has 0 spiro atoms. The first-order valence-corrected chi connectivity index (χ1v) is 9.57. The summed E-state index contributed by atoms with van der Waals surface area (Å²) < 4.78 is 0. The summed E-state index contributed by atoms with van der Waals surface area (Å²) in [5.41, 5.74) is 2.02. The number of carbonyl (C=O) groups is 2. The third kappa shape index (κ3) is 4.33. The van der Waals surface area contributed by atoms with E-state index in [1.165, 1.54) is 5.69 Å². The van der Waals surface area contributed by atoms with Crippen LogP contribution in [-0.4, -0.2) is 42.9 Å². The largest absolute Gasteiger partial charge is 0.372 e. The number of piperidine rings is 1. The van der Waals surface area contributed by atoms with E-state index in [0.717, 1.165) is 44.5 Å². The van der Waals surface area contributed by atoms with Gasteiger partial charge in [-0.2, -0.15) is 0 Å². The molecule has 0 radical (unpaired) electrons. The molecular formula is C20H29N3O2. The molecule has 5 heteroatoms. The van der Waals surface area contributed by atoms with E-state index in [0.29, 0.717) is 19.0 Å². The molecule has 3 rings (SSSR count). The molecular weight excluding hydrogens is 314 g/mol. The van der Waals surface area contributed by atoms with Crippen LogP contribution >= 0.6 is 0 Å². The standard InChI is InChI=1S/C20H29N3O2/c1-3-22(4-2)18-9-7-17(8-10-18)21-19(24)15-11-13-23(14-12-15)20(25)16-5-6-16/h7-10,15-16H,3-6,11-14H2,1-2H3,(H,21,24). The molecule has 1 saturated carbocycles. The average molecular weight is 343 g/mol. The van der Waals surface area contributed by atoms with Crippen LogP contribution in [0.5, 0.6) is 0 Å². The molecule has 5 nitrogen and oxygen atoms in total. The topological polar surface area (TPSA) is 52.7 Å². The maximum absolute atomic E-state index is 12.5. The number of amides is 2. The van der Waals surface area contributed by atoms with Gasteiger partial charge in [0.1, 0.15) is 0 Å². The second-order valence-electron chi connectivity index (χ2n) is 7.08. The summed E-state index contributed by atoms with van der Waals surface area (Å²) in [5, 5.41) is 3.03. The molecule has 0 unspecified atom stereocenters. The number of anilines is 2. The number of rotatable bonds is 6. The lowest BCUT2D eigenvalue weighted by Gasteiger charge is -2.31. The predicted octanol–water partition coefficient (Wildman–Crippen LogP) is 3.12. The van der Waals surface area contributed by atoms with Crippen molar-refractivity contribution in [3.8, 4) is 0 Å². The van der Waals surface area contributed by atoms with E-state index in [9.17, 15) is 9.59 Å². The maximum atomic E-state index is 12.5. The third-order valence-corrected chi connectivity index (χ3v) is 5.37. The van der Waals surface area contributed by atoms with Gasteiger partial charge in [-0.3, -0.25) is 9.59 Å². The molecule has 1 aliphatic carbocycles. The number of carbonyl (C=O) groups excluding carboxylic acids is 2. The molecule has 0 atom stereocenters. The second-order valence-corrected chi connectivity index (χ2v) is 7.08. The minimum atomic E-state index is 0.00529. The molecule has 1 heterocycles. The number of benzene rings is 1. The zero-order chi connectivity index (χ0) is 17.8. The van der Waals surface area contributed by atoms with Gasteiger partial charge in [-0.05, 0) is 63.8 Å². The molecule has 1 aromatic rings. The Bertz CT molecular complexity index is 598. The Balaban J connectivity index is 1.50. The molecule has 25 heavy (non-hydrogen) atoms. The average Bonchev–Trinajstić information content (AvgIpc) is 3.49. The van der Waals surface area contributed by atoms with Crippen molar-refractivity contribution in [2.24, 2.45) is 11.8 Å². The van der Waals surface area contributed by atoms with Gasteiger partial charge in [-0.15, -0.1) is 0 Å². The van der Waals surface area contributed by atoms with Crippen molar-refractivity contribution >= 4 is 23.2 Å². The number of nitrogens with one attached hydrogen (secondary N) is 1. The highest BCUT2D eigenvalue weighted by molar-refractivity contribution is 5.93. The smallest absolute Gasteiger partial charge is 0.227 e. The van der Waals surface area contributed by atoms with E-state index in [1.54, 1.807) is 0 Å². The van der Waals surface area contributed by atoms with Crippen LogP contribution in [0.3, 0.4) is 0 Å². The molecule has 1 aliphatic heterocycles. The molecule has 0 bridgehead atoms. The van der Waals surface area contributed by atoms with Crippen molar-refractivity contribution in [2.45, 2.75) is 39.5 Å². The van der Waals surface area contributed by atoms with Gasteiger partial charge < -0.3 is 15.1 Å². The minimum absolute atomic E-state index is 0.00529. The highest BCUT2D eigenvalue weighted by Gasteiger charge is 2.35. The lowest BCUT2D eigenvalue weighted by Crippen LogP contribution is -2.42. The summed E-state index contributed by atoms with van der Waals surface area (Å²) in [4.78, 5) is 28.8. The molecule has 1 aromatic carbocycles. The van der Waals surface area contributed by atoms with Gasteiger partial charge >= 0.3 is 0 Å². The van der Waals surface area contributed by atoms with E-state index >= 15 is 0 Å². The molecule has 1 N–H and O–H groups in total. The number of hydrogen-bond donors (Lipinski definition) is 1. The zero-order valence-electron chi connectivity index (χ0n) is 15.3. The van der Waals surface area contributed by atoms with Crippen molar-refractivity contribution in [3.63, 3.8) is 0 Å². The highest BCUT2D eigenvalue weighted by atomic mass is 16.2. The minimum Gasteiger partial charge on any atom is -0.372 e. The Morgan fingerprint density at radius 3 is 2.12 bits per heavy atom. The van der Waals surface area contributed by atoms with E-state index in [2.05, 4.69) is 36.2 Å². The summed E-state index contributed by atoms with van der Waals surface area (Å²) in [6.45, 7) is 7.66. The molecule has 0 aromatic heterocycles. The second kappa shape index (κ2) is 7.89. The first kappa shape index (κ1) is 17.8. The van der Waals surface area contributed by atoms with E-state index < -0.39 is 0 Å². The van der Waals surface area contributed by atoms with Gasteiger partial charge in [0.2, 0.25) is 11.8 Å². The zero-order valence-corrected chi connectivity index (χ0v) is 15.3. The fraction of sp³-hybridized carbons (Fsp3) is 0.600. The lowest BCUT2D eigenvalue weighted by atomic mass is 9.95. The molecule has 1 saturated heterocycles. The summed E-state index contributed by atoms with van der Waals surface area (Å²) in [6, 6.07) is 8.05. The van der Waals surface area contributed by atoms with Gasteiger partial charge in [0.25, 0.3) is 0 Å². The van der Waals surface area contributed by atoms with Crippen molar-refractivity contribution in [3.05, 3.63) is 24.3 Å². The van der Waals surface area contributed by atoms with Crippen molar-refractivity contribution < 1.29 is 9.59 Å². The summed E-state index contributed by atoms with van der Waals surface area (Å²) in [7, 11) is 0. The van der Waals surface area contributed by atoms with Gasteiger partial charge in [-0.25, -0.2) is 0 Å². The highest BCUT2D eigenvalue weighted by Crippen LogP contribution is 2.32. The van der Waals surface area contributed by atoms with Crippen LogP contribution in [-0.2, 0) is 9.59 Å². The van der Waals surface area contributed by atoms with E-state index in [-0.39, 0.29) is 17.7 Å². The Kier molecular flexibility index (Phi) is 5.61. The van der Waals surface area contributed by atoms with Gasteiger partial charge in [-0.1, -0.05) is 0 Å². The van der Waals surface area contributed by atoms with E-state index in [4.69, 9.17) is 0 Å². The fourth-order valence-corrected chi connectivity index (χ4v) is 3.54.